The van der Waals surface area contributed by atoms with Gasteiger partial charge in [-0.1, -0.05) is 0 Å². The highest BCUT2D eigenvalue weighted by atomic mass is 79.9. The van der Waals surface area contributed by atoms with E-state index in [4.69, 9.17) is 10.6 Å². The molecule has 0 bridgehead atoms. The van der Waals surface area contributed by atoms with Crippen LogP contribution in [-0.4, -0.2) is 35.3 Å². The van der Waals surface area contributed by atoms with E-state index in [9.17, 15) is 0 Å². The van der Waals surface area contributed by atoms with Crippen molar-refractivity contribution in [2.24, 2.45) is 5.84 Å². The molecular weight excluding hydrogens is 286 g/mol. The topological polar surface area (TPSA) is 76.3 Å². The van der Waals surface area contributed by atoms with Crippen LogP contribution in [0, 0.1) is 0 Å². The first-order chi connectivity index (χ1) is 8.11. The first-order valence-electron chi connectivity index (χ1n) is 5.49. The fourth-order valence-electron chi connectivity index (χ4n) is 2.03. The molecule has 1 aromatic heterocycles. The molecule has 0 aliphatic carbocycles. The zero-order chi connectivity index (χ0) is 12.4. The fraction of sp³-hybridized carbons (Fsp3) is 0.600. The van der Waals surface area contributed by atoms with Crippen molar-refractivity contribution >= 4 is 27.6 Å². The van der Waals surface area contributed by atoms with Crippen LogP contribution < -0.4 is 16.2 Å². The van der Waals surface area contributed by atoms with Crippen molar-refractivity contribution < 1.29 is 4.74 Å². The molecule has 3 N–H and O–H groups in total. The van der Waals surface area contributed by atoms with Crippen LogP contribution in [0.25, 0.3) is 0 Å². The highest BCUT2D eigenvalue weighted by Gasteiger charge is 2.25. The summed E-state index contributed by atoms with van der Waals surface area (Å²) in [5.41, 5.74) is 2.54. The van der Waals surface area contributed by atoms with Crippen molar-refractivity contribution in [2.45, 2.75) is 26.1 Å². The van der Waals surface area contributed by atoms with E-state index in [-0.39, 0.29) is 12.2 Å². The lowest BCUT2D eigenvalue weighted by Crippen LogP contribution is -2.46. The van der Waals surface area contributed by atoms with Gasteiger partial charge >= 0.3 is 0 Å². The molecule has 94 valence electrons. The number of nitrogens with zero attached hydrogens (tertiary/aromatic N) is 3. The molecule has 0 saturated carbocycles. The van der Waals surface area contributed by atoms with Crippen LogP contribution >= 0.6 is 15.9 Å². The van der Waals surface area contributed by atoms with Crippen molar-refractivity contribution in [1.82, 2.24) is 9.97 Å². The van der Waals surface area contributed by atoms with Crippen LogP contribution in [0.2, 0.25) is 0 Å². The molecule has 1 aliphatic rings. The van der Waals surface area contributed by atoms with Gasteiger partial charge in [-0.05, 0) is 29.8 Å². The first kappa shape index (κ1) is 12.5. The summed E-state index contributed by atoms with van der Waals surface area (Å²) in [6.07, 6.45) is 1.88. The maximum Gasteiger partial charge on any atom is 0.159 e. The summed E-state index contributed by atoms with van der Waals surface area (Å²) in [6, 6.07) is 0. The number of aromatic nitrogens is 2. The molecular formula is C10H16BrN5O. The molecule has 17 heavy (non-hydrogen) atoms. The van der Waals surface area contributed by atoms with Crippen molar-refractivity contribution in [3.05, 3.63) is 10.8 Å². The van der Waals surface area contributed by atoms with Gasteiger partial charge in [0.2, 0.25) is 0 Å². The number of nitrogen functional groups attached to an aromatic ring is 1. The molecule has 0 aromatic carbocycles. The number of ether oxygens (including phenoxy) is 1. The highest BCUT2D eigenvalue weighted by Crippen LogP contribution is 2.30. The van der Waals surface area contributed by atoms with Crippen molar-refractivity contribution in [3.8, 4) is 0 Å². The van der Waals surface area contributed by atoms with Crippen LogP contribution in [0.1, 0.15) is 13.8 Å². The Morgan fingerprint density at radius 1 is 1.41 bits per heavy atom. The SMILES string of the molecule is CC1CN(c2ncnc(NN)c2Br)CC(C)O1. The third kappa shape index (κ3) is 2.67. The normalized spacial score (nSPS) is 24.8. The smallest absolute Gasteiger partial charge is 0.159 e. The number of nitrogens with two attached hydrogens (primary N) is 1. The summed E-state index contributed by atoms with van der Waals surface area (Å²) in [6.45, 7) is 5.73. The van der Waals surface area contributed by atoms with Crippen molar-refractivity contribution in [2.75, 3.05) is 23.4 Å². The Labute approximate surface area is 109 Å². The minimum atomic E-state index is 0.190. The number of halogens is 1. The quantitative estimate of drug-likeness (QED) is 0.630. The molecule has 2 rings (SSSR count). The number of morpholine rings is 1. The van der Waals surface area contributed by atoms with E-state index in [0.717, 1.165) is 23.4 Å². The van der Waals surface area contributed by atoms with Gasteiger partial charge in [-0.25, -0.2) is 15.8 Å². The van der Waals surface area contributed by atoms with Gasteiger partial charge < -0.3 is 15.1 Å². The Kier molecular flexibility index (Phi) is 3.80. The summed E-state index contributed by atoms with van der Waals surface area (Å²) < 4.78 is 6.47. The molecule has 0 amide bonds. The number of anilines is 2. The van der Waals surface area contributed by atoms with E-state index in [2.05, 4.69) is 50.1 Å². The summed E-state index contributed by atoms with van der Waals surface area (Å²) in [5, 5.41) is 0. The van der Waals surface area contributed by atoms with E-state index in [1.807, 2.05) is 0 Å². The van der Waals surface area contributed by atoms with Crippen LogP contribution in [-0.2, 0) is 4.74 Å². The Morgan fingerprint density at radius 3 is 2.65 bits per heavy atom. The Morgan fingerprint density at radius 2 is 2.06 bits per heavy atom. The zero-order valence-corrected chi connectivity index (χ0v) is 11.4. The van der Waals surface area contributed by atoms with Crippen molar-refractivity contribution in [3.63, 3.8) is 0 Å². The average Bonchev–Trinajstić information content (AvgIpc) is 2.28. The summed E-state index contributed by atoms with van der Waals surface area (Å²) >= 11 is 3.47. The number of hydrogen-bond donors (Lipinski definition) is 2. The monoisotopic (exact) mass is 301 g/mol. The fourth-order valence-corrected chi connectivity index (χ4v) is 2.60. The van der Waals surface area contributed by atoms with E-state index in [0.29, 0.717) is 5.82 Å². The molecule has 2 atom stereocenters. The van der Waals surface area contributed by atoms with Crippen LogP contribution in [0.15, 0.2) is 10.8 Å². The van der Waals surface area contributed by atoms with Gasteiger partial charge in [0.05, 0.1) is 12.2 Å². The van der Waals surface area contributed by atoms with Crippen LogP contribution in [0.3, 0.4) is 0 Å². The summed E-state index contributed by atoms with van der Waals surface area (Å²) in [4.78, 5) is 10.5. The first-order valence-corrected chi connectivity index (χ1v) is 6.28. The Hall–Kier alpha value is -0.920. The maximum absolute atomic E-state index is 5.69. The van der Waals surface area contributed by atoms with E-state index >= 15 is 0 Å². The van der Waals surface area contributed by atoms with Crippen molar-refractivity contribution in [1.29, 1.82) is 0 Å². The molecule has 7 heteroatoms. The van der Waals surface area contributed by atoms with E-state index in [1.165, 1.54) is 6.33 Å². The summed E-state index contributed by atoms with van der Waals surface area (Å²) in [7, 11) is 0. The molecule has 1 aliphatic heterocycles. The average molecular weight is 302 g/mol. The largest absolute Gasteiger partial charge is 0.372 e. The maximum atomic E-state index is 5.69. The molecule has 6 nitrogen and oxygen atoms in total. The molecule has 2 heterocycles. The second kappa shape index (κ2) is 5.16. The second-order valence-corrected chi connectivity index (χ2v) is 4.96. The lowest BCUT2D eigenvalue weighted by molar-refractivity contribution is -0.00550. The van der Waals surface area contributed by atoms with Gasteiger partial charge in [-0.15, -0.1) is 0 Å². The van der Waals surface area contributed by atoms with Gasteiger partial charge in [0.1, 0.15) is 16.6 Å². The van der Waals surface area contributed by atoms with Gasteiger partial charge in [0.25, 0.3) is 0 Å². The highest BCUT2D eigenvalue weighted by molar-refractivity contribution is 9.10. The molecule has 0 radical (unpaired) electrons. The van der Waals surface area contributed by atoms with Gasteiger partial charge in [-0.3, -0.25) is 0 Å². The van der Waals surface area contributed by atoms with Gasteiger partial charge in [0, 0.05) is 13.1 Å². The van der Waals surface area contributed by atoms with E-state index in [1.54, 1.807) is 0 Å². The van der Waals surface area contributed by atoms with E-state index < -0.39 is 0 Å². The standard InChI is InChI=1S/C10H16BrN5O/c1-6-3-16(4-7(2)17-6)10-8(11)9(15-12)13-5-14-10/h5-7H,3-4,12H2,1-2H3,(H,13,14,15). The number of rotatable bonds is 2. The number of nitrogens with one attached hydrogen (secondary N) is 1. The third-order valence-corrected chi connectivity index (χ3v) is 3.36. The molecule has 2 unspecified atom stereocenters. The molecule has 1 aromatic rings. The predicted octanol–water partition coefficient (Wildman–Crippen LogP) is 1.14. The van der Waals surface area contributed by atoms with Gasteiger partial charge in [0.15, 0.2) is 5.82 Å². The second-order valence-electron chi connectivity index (χ2n) is 4.17. The van der Waals surface area contributed by atoms with Gasteiger partial charge in [-0.2, -0.15) is 0 Å². The summed E-state index contributed by atoms with van der Waals surface area (Å²) in [5.74, 6) is 6.82. The van der Waals surface area contributed by atoms with Crippen LogP contribution in [0.4, 0.5) is 11.6 Å². The lowest BCUT2D eigenvalue weighted by Gasteiger charge is -2.36. The molecule has 1 saturated heterocycles. The molecule has 1 fully saturated rings. The third-order valence-electron chi connectivity index (χ3n) is 2.63. The minimum Gasteiger partial charge on any atom is -0.372 e. The lowest BCUT2D eigenvalue weighted by atomic mass is 10.2. The Balaban J connectivity index is 2.27. The molecule has 0 spiro atoms. The predicted molar refractivity (Wildman–Crippen MR) is 69.8 cm³/mol. The number of hydrogen-bond acceptors (Lipinski definition) is 6. The zero-order valence-electron chi connectivity index (χ0n) is 9.85. The number of hydrazine groups is 1. The minimum absolute atomic E-state index is 0.190. The Bertz CT molecular complexity index is 392. The van der Waals surface area contributed by atoms with Crippen LogP contribution in [0.5, 0.6) is 0 Å².